The third kappa shape index (κ3) is 4.81. The van der Waals surface area contributed by atoms with E-state index in [0.29, 0.717) is 16.1 Å². The molecule has 0 radical (unpaired) electrons. The Bertz CT molecular complexity index is 865. The monoisotopic (exact) mass is 493 g/mol. The molecule has 8 heteroatoms. The standard InChI is InChI=1S/C16H14Br2ClNO3S/c1-2-24(22,23)15-4-3-14(19)7-11(15)9-20-16(21)10-5-12(17)8-13(18)6-10/h3-8H,2,9H2,1H3,(H,20,21). The number of carbonyl (C=O) groups excluding carboxylic acids is 1. The second kappa shape index (κ2) is 7.99. The van der Waals surface area contributed by atoms with Crippen LogP contribution in [0.15, 0.2) is 50.2 Å². The maximum absolute atomic E-state index is 12.3. The van der Waals surface area contributed by atoms with Crippen LogP contribution in [0.4, 0.5) is 0 Å². The highest BCUT2D eigenvalue weighted by Crippen LogP contribution is 2.23. The fourth-order valence-corrected chi connectivity index (χ4v) is 4.71. The zero-order chi connectivity index (χ0) is 17.9. The lowest BCUT2D eigenvalue weighted by atomic mass is 10.2. The van der Waals surface area contributed by atoms with Crippen molar-refractivity contribution in [3.63, 3.8) is 0 Å². The second-order valence-corrected chi connectivity index (χ2v) is 9.51. The van der Waals surface area contributed by atoms with E-state index in [2.05, 4.69) is 37.2 Å². The summed E-state index contributed by atoms with van der Waals surface area (Å²) >= 11 is 12.6. The number of sulfone groups is 1. The van der Waals surface area contributed by atoms with Crippen LogP contribution in [0.25, 0.3) is 0 Å². The molecule has 1 amide bonds. The molecular weight excluding hydrogens is 482 g/mol. The van der Waals surface area contributed by atoms with E-state index in [0.717, 1.165) is 8.95 Å². The number of hydrogen-bond donors (Lipinski definition) is 1. The van der Waals surface area contributed by atoms with Crippen molar-refractivity contribution in [2.45, 2.75) is 18.4 Å². The molecule has 0 saturated carbocycles. The van der Waals surface area contributed by atoms with E-state index < -0.39 is 9.84 Å². The second-order valence-electron chi connectivity index (χ2n) is 5.00. The Hall–Kier alpha value is -0.890. The Morgan fingerprint density at radius 1 is 1.12 bits per heavy atom. The molecule has 0 heterocycles. The minimum atomic E-state index is -3.40. The summed E-state index contributed by atoms with van der Waals surface area (Å²) in [5, 5.41) is 3.15. The maximum atomic E-state index is 12.3. The zero-order valence-electron chi connectivity index (χ0n) is 12.6. The summed E-state index contributed by atoms with van der Waals surface area (Å²) in [5.74, 6) is -0.328. The summed E-state index contributed by atoms with van der Waals surface area (Å²) < 4.78 is 25.9. The minimum Gasteiger partial charge on any atom is -0.348 e. The number of rotatable bonds is 5. The lowest BCUT2D eigenvalue weighted by Gasteiger charge is -2.11. The number of halogens is 3. The van der Waals surface area contributed by atoms with E-state index in [9.17, 15) is 13.2 Å². The lowest BCUT2D eigenvalue weighted by Crippen LogP contribution is -2.24. The van der Waals surface area contributed by atoms with Gasteiger partial charge in [0.2, 0.25) is 0 Å². The van der Waals surface area contributed by atoms with Crippen molar-refractivity contribution in [2.24, 2.45) is 0 Å². The van der Waals surface area contributed by atoms with Crippen LogP contribution in [0.5, 0.6) is 0 Å². The third-order valence-electron chi connectivity index (χ3n) is 3.30. The molecule has 24 heavy (non-hydrogen) atoms. The summed E-state index contributed by atoms with van der Waals surface area (Å²) in [5.41, 5.74) is 0.921. The van der Waals surface area contributed by atoms with E-state index in [1.807, 2.05) is 6.07 Å². The molecule has 0 aliphatic carbocycles. The number of carbonyl (C=O) groups is 1. The Balaban J connectivity index is 2.26. The highest BCUT2D eigenvalue weighted by Gasteiger charge is 2.17. The normalized spacial score (nSPS) is 11.3. The van der Waals surface area contributed by atoms with Crippen molar-refractivity contribution < 1.29 is 13.2 Å². The van der Waals surface area contributed by atoms with Crippen molar-refractivity contribution in [2.75, 3.05) is 5.75 Å². The van der Waals surface area contributed by atoms with Crippen LogP contribution in [-0.4, -0.2) is 20.1 Å². The first kappa shape index (κ1) is 19.4. The average molecular weight is 496 g/mol. The van der Waals surface area contributed by atoms with Crippen molar-refractivity contribution >= 4 is 59.2 Å². The summed E-state index contributed by atoms with van der Waals surface area (Å²) in [6, 6.07) is 9.74. The van der Waals surface area contributed by atoms with Gasteiger partial charge in [-0.05, 0) is 42.0 Å². The van der Waals surface area contributed by atoms with Crippen LogP contribution in [0.3, 0.4) is 0 Å². The van der Waals surface area contributed by atoms with Crippen molar-refractivity contribution in [1.29, 1.82) is 0 Å². The highest BCUT2D eigenvalue weighted by molar-refractivity contribution is 9.11. The molecule has 0 atom stereocenters. The van der Waals surface area contributed by atoms with Gasteiger partial charge >= 0.3 is 0 Å². The van der Waals surface area contributed by atoms with Crippen molar-refractivity contribution in [3.05, 3.63) is 61.5 Å². The first-order chi connectivity index (χ1) is 11.2. The van der Waals surface area contributed by atoms with Crippen molar-refractivity contribution in [3.8, 4) is 0 Å². The molecule has 4 nitrogen and oxygen atoms in total. The summed E-state index contributed by atoms with van der Waals surface area (Å²) in [4.78, 5) is 12.5. The Labute approximate surface area is 162 Å². The van der Waals surface area contributed by atoms with E-state index in [1.54, 1.807) is 25.1 Å². The van der Waals surface area contributed by atoms with Gasteiger partial charge in [-0.25, -0.2) is 8.42 Å². The molecule has 0 aromatic heterocycles. The van der Waals surface area contributed by atoms with Gasteiger partial charge < -0.3 is 5.32 Å². The Morgan fingerprint density at radius 3 is 2.33 bits per heavy atom. The average Bonchev–Trinajstić information content (AvgIpc) is 2.51. The molecule has 0 spiro atoms. The van der Waals surface area contributed by atoms with E-state index in [1.165, 1.54) is 12.1 Å². The van der Waals surface area contributed by atoms with Gasteiger partial charge in [0.05, 0.1) is 10.6 Å². The van der Waals surface area contributed by atoms with Gasteiger partial charge in [0.15, 0.2) is 9.84 Å². The predicted octanol–water partition coefficient (Wildman–Crippen LogP) is 4.59. The van der Waals surface area contributed by atoms with Crippen LogP contribution in [0.2, 0.25) is 5.02 Å². The SMILES string of the molecule is CCS(=O)(=O)c1ccc(Cl)cc1CNC(=O)c1cc(Br)cc(Br)c1. The lowest BCUT2D eigenvalue weighted by molar-refractivity contribution is 0.0950. The van der Waals surface area contributed by atoms with Crippen LogP contribution in [-0.2, 0) is 16.4 Å². The molecule has 0 aliphatic heterocycles. The van der Waals surface area contributed by atoms with Gasteiger partial charge in [0.25, 0.3) is 5.91 Å². The van der Waals surface area contributed by atoms with Gasteiger partial charge in [-0.1, -0.05) is 50.4 Å². The van der Waals surface area contributed by atoms with Gasteiger partial charge in [-0.15, -0.1) is 0 Å². The first-order valence-electron chi connectivity index (χ1n) is 6.98. The van der Waals surface area contributed by atoms with Gasteiger partial charge in [0, 0.05) is 26.1 Å². The van der Waals surface area contributed by atoms with Crippen LogP contribution in [0, 0.1) is 0 Å². The van der Waals surface area contributed by atoms with Crippen LogP contribution >= 0.6 is 43.5 Å². The molecule has 0 saturated heterocycles. The molecule has 2 aromatic carbocycles. The molecule has 0 aliphatic rings. The van der Waals surface area contributed by atoms with Gasteiger partial charge in [-0.3, -0.25) is 4.79 Å². The fourth-order valence-electron chi connectivity index (χ4n) is 2.11. The van der Waals surface area contributed by atoms with E-state index in [-0.39, 0.29) is 23.1 Å². The van der Waals surface area contributed by atoms with E-state index >= 15 is 0 Å². The Kier molecular flexibility index (Phi) is 6.47. The number of hydrogen-bond acceptors (Lipinski definition) is 3. The summed E-state index contributed by atoms with van der Waals surface area (Å²) in [7, 11) is -3.40. The van der Waals surface area contributed by atoms with E-state index in [4.69, 9.17) is 11.6 Å². The van der Waals surface area contributed by atoms with Gasteiger partial charge in [-0.2, -0.15) is 0 Å². The maximum Gasteiger partial charge on any atom is 0.251 e. The number of benzene rings is 2. The molecule has 2 aromatic rings. The number of nitrogens with one attached hydrogen (secondary N) is 1. The summed E-state index contributed by atoms with van der Waals surface area (Å²) in [6.07, 6.45) is 0. The fraction of sp³-hybridized carbons (Fsp3) is 0.188. The molecule has 1 N–H and O–H groups in total. The third-order valence-corrected chi connectivity index (χ3v) is 6.28. The minimum absolute atomic E-state index is 0.0197. The van der Waals surface area contributed by atoms with Gasteiger partial charge in [0.1, 0.15) is 0 Å². The smallest absolute Gasteiger partial charge is 0.251 e. The highest BCUT2D eigenvalue weighted by atomic mass is 79.9. The predicted molar refractivity (Wildman–Crippen MR) is 102 cm³/mol. The molecule has 0 unspecified atom stereocenters. The first-order valence-corrected chi connectivity index (χ1v) is 10.6. The zero-order valence-corrected chi connectivity index (χ0v) is 17.4. The van der Waals surface area contributed by atoms with Crippen LogP contribution in [0.1, 0.15) is 22.8 Å². The topological polar surface area (TPSA) is 63.2 Å². The summed E-state index contributed by atoms with van der Waals surface area (Å²) in [6.45, 7) is 1.64. The quantitative estimate of drug-likeness (QED) is 0.660. The van der Waals surface area contributed by atoms with Crippen LogP contribution < -0.4 is 5.32 Å². The molecule has 0 bridgehead atoms. The largest absolute Gasteiger partial charge is 0.348 e. The number of amides is 1. The molecule has 128 valence electrons. The molecule has 2 rings (SSSR count). The molecular formula is C16H14Br2ClNO3S. The molecule has 0 fully saturated rings. The Morgan fingerprint density at radius 2 is 1.75 bits per heavy atom. The van der Waals surface area contributed by atoms with Crippen molar-refractivity contribution in [1.82, 2.24) is 5.32 Å².